The van der Waals surface area contributed by atoms with Crippen LogP contribution in [0.25, 0.3) is 0 Å². The molecular weight excluding hydrogens is 329 g/mol. The highest BCUT2D eigenvalue weighted by Crippen LogP contribution is 2.35. The van der Waals surface area contributed by atoms with E-state index in [1.54, 1.807) is 24.8 Å². The Labute approximate surface area is 140 Å². The zero-order valence-electron chi connectivity index (χ0n) is 13.1. The summed E-state index contributed by atoms with van der Waals surface area (Å²) in [5.74, 6) is -0.576. The Morgan fingerprint density at radius 1 is 1.30 bits per heavy atom. The molecule has 0 bridgehead atoms. The quantitative estimate of drug-likeness (QED) is 0.882. The van der Waals surface area contributed by atoms with Gasteiger partial charge in [-0.2, -0.15) is 13.2 Å². The van der Waals surface area contributed by atoms with E-state index in [0.29, 0.717) is 0 Å². The Balaban J connectivity index is 0.00000264. The molecule has 2 N–H and O–H groups in total. The number of amides is 1. The topological polar surface area (TPSA) is 46.3 Å². The molecule has 0 heterocycles. The monoisotopic (exact) mass is 350 g/mol. The van der Waals surface area contributed by atoms with Crippen LogP contribution in [0.2, 0.25) is 0 Å². The van der Waals surface area contributed by atoms with E-state index < -0.39 is 17.7 Å². The highest BCUT2D eigenvalue weighted by atomic mass is 35.5. The van der Waals surface area contributed by atoms with Gasteiger partial charge in [0.15, 0.2) is 0 Å². The van der Waals surface area contributed by atoms with Gasteiger partial charge in [0.25, 0.3) is 0 Å². The predicted molar refractivity (Wildman–Crippen MR) is 85.1 cm³/mol. The molecule has 2 rings (SSSR count). The molecule has 0 spiro atoms. The molecule has 3 nitrogen and oxygen atoms in total. The Hall–Kier alpha value is -1.27. The van der Waals surface area contributed by atoms with Gasteiger partial charge in [-0.15, -0.1) is 12.4 Å². The molecule has 7 heteroatoms. The Morgan fingerprint density at radius 2 is 1.87 bits per heavy atom. The summed E-state index contributed by atoms with van der Waals surface area (Å²) in [6.07, 6.45) is -2.74. The van der Waals surface area contributed by atoms with Crippen molar-refractivity contribution in [1.29, 1.82) is 0 Å². The molecule has 1 aliphatic carbocycles. The average molecular weight is 351 g/mol. The van der Waals surface area contributed by atoms with E-state index in [4.69, 9.17) is 5.73 Å². The third kappa shape index (κ3) is 4.85. The van der Waals surface area contributed by atoms with Gasteiger partial charge in [0.2, 0.25) is 5.91 Å². The number of carbonyl (C=O) groups excluding carboxylic acids is 1. The van der Waals surface area contributed by atoms with E-state index in [2.05, 4.69) is 0 Å². The molecule has 0 radical (unpaired) electrons. The third-order valence-electron chi connectivity index (χ3n) is 4.11. The number of alkyl halides is 3. The van der Waals surface area contributed by atoms with Crippen LogP contribution in [0.4, 0.5) is 13.2 Å². The zero-order valence-corrected chi connectivity index (χ0v) is 14.0. The Bertz CT molecular complexity index is 544. The maximum Gasteiger partial charge on any atom is 0.416 e. The molecule has 1 saturated carbocycles. The van der Waals surface area contributed by atoms with Gasteiger partial charge in [-0.25, -0.2) is 0 Å². The number of carbonyl (C=O) groups is 1. The van der Waals surface area contributed by atoms with Crippen LogP contribution in [0.3, 0.4) is 0 Å². The van der Waals surface area contributed by atoms with Crippen molar-refractivity contribution in [2.24, 2.45) is 11.7 Å². The number of rotatable bonds is 5. The summed E-state index contributed by atoms with van der Waals surface area (Å²) < 4.78 is 39.2. The average Bonchev–Trinajstić information content (AvgIpc) is 3.27. The standard InChI is InChI=1S/C16H21F3N2O.ClH/c1-10(11(2)20)15(22)21(13-7-8-13)9-12-5-3-4-6-14(12)16(17,18)19;/h3-6,10-11,13H,7-9,20H2,1-2H3;1H. The summed E-state index contributed by atoms with van der Waals surface area (Å²) in [4.78, 5) is 14.1. The lowest BCUT2D eigenvalue weighted by molar-refractivity contribution is -0.141. The smallest absolute Gasteiger partial charge is 0.335 e. The second-order valence-corrected chi connectivity index (χ2v) is 6.00. The fraction of sp³-hybridized carbons (Fsp3) is 0.562. The van der Waals surface area contributed by atoms with Crippen LogP contribution in [0.15, 0.2) is 24.3 Å². The molecule has 2 atom stereocenters. The van der Waals surface area contributed by atoms with Gasteiger partial charge < -0.3 is 10.6 Å². The summed E-state index contributed by atoms with van der Waals surface area (Å²) in [7, 11) is 0. The van der Waals surface area contributed by atoms with Gasteiger partial charge in [-0.3, -0.25) is 4.79 Å². The van der Waals surface area contributed by atoms with Crippen LogP contribution in [0, 0.1) is 5.92 Å². The maximum absolute atomic E-state index is 13.1. The van der Waals surface area contributed by atoms with Crippen molar-refractivity contribution >= 4 is 18.3 Å². The Morgan fingerprint density at radius 3 is 2.35 bits per heavy atom. The van der Waals surface area contributed by atoms with Crippen LogP contribution >= 0.6 is 12.4 Å². The minimum atomic E-state index is -4.42. The Kier molecular flexibility index (Phi) is 6.48. The van der Waals surface area contributed by atoms with Gasteiger partial charge in [-0.1, -0.05) is 25.1 Å². The fourth-order valence-corrected chi connectivity index (χ4v) is 2.38. The fourth-order valence-electron chi connectivity index (χ4n) is 2.38. The third-order valence-corrected chi connectivity index (χ3v) is 4.11. The number of benzene rings is 1. The molecular formula is C16H22ClF3N2O. The molecule has 2 unspecified atom stereocenters. The molecule has 1 aromatic carbocycles. The summed E-state index contributed by atoms with van der Waals surface area (Å²) in [6, 6.07) is 5.12. The lowest BCUT2D eigenvalue weighted by Gasteiger charge is -2.28. The maximum atomic E-state index is 13.1. The molecule has 23 heavy (non-hydrogen) atoms. The molecule has 0 aromatic heterocycles. The highest BCUT2D eigenvalue weighted by molar-refractivity contribution is 5.85. The number of hydrogen-bond acceptors (Lipinski definition) is 2. The molecule has 130 valence electrons. The van der Waals surface area contributed by atoms with Crippen molar-refractivity contribution in [3.05, 3.63) is 35.4 Å². The van der Waals surface area contributed by atoms with Crippen molar-refractivity contribution in [2.45, 2.75) is 51.5 Å². The number of halogens is 4. The van der Waals surface area contributed by atoms with Gasteiger partial charge in [0, 0.05) is 18.6 Å². The first kappa shape index (κ1) is 19.8. The summed E-state index contributed by atoms with van der Waals surface area (Å²) >= 11 is 0. The van der Waals surface area contributed by atoms with Crippen molar-refractivity contribution in [3.8, 4) is 0 Å². The molecule has 0 aliphatic heterocycles. The SMILES string of the molecule is CC(N)C(C)C(=O)N(Cc1ccccc1C(F)(F)F)C1CC1.Cl. The number of nitrogens with two attached hydrogens (primary N) is 1. The van der Waals surface area contributed by atoms with E-state index in [1.165, 1.54) is 12.1 Å². The van der Waals surface area contributed by atoms with Crippen molar-refractivity contribution < 1.29 is 18.0 Å². The lowest BCUT2D eigenvalue weighted by atomic mass is 10.0. The van der Waals surface area contributed by atoms with Gasteiger partial charge >= 0.3 is 6.18 Å². The van der Waals surface area contributed by atoms with E-state index >= 15 is 0 Å². The van der Waals surface area contributed by atoms with E-state index in [-0.39, 0.29) is 42.5 Å². The molecule has 1 aliphatic rings. The number of hydrogen-bond donors (Lipinski definition) is 1. The first-order chi connectivity index (χ1) is 10.2. The van der Waals surface area contributed by atoms with Gasteiger partial charge in [-0.05, 0) is 31.4 Å². The first-order valence-electron chi connectivity index (χ1n) is 7.43. The van der Waals surface area contributed by atoms with E-state index in [9.17, 15) is 18.0 Å². The van der Waals surface area contributed by atoms with E-state index in [0.717, 1.165) is 18.9 Å². The highest BCUT2D eigenvalue weighted by Gasteiger charge is 2.38. The van der Waals surface area contributed by atoms with Crippen LogP contribution in [0.5, 0.6) is 0 Å². The molecule has 0 saturated heterocycles. The van der Waals surface area contributed by atoms with Crippen molar-refractivity contribution in [3.63, 3.8) is 0 Å². The van der Waals surface area contributed by atoms with Crippen LogP contribution in [0.1, 0.15) is 37.8 Å². The molecule has 1 fully saturated rings. The second-order valence-electron chi connectivity index (χ2n) is 6.00. The summed E-state index contributed by atoms with van der Waals surface area (Å²) in [5.41, 5.74) is 5.21. The lowest BCUT2D eigenvalue weighted by Crippen LogP contribution is -2.42. The van der Waals surface area contributed by atoms with E-state index in [1.807, 2.05) is 0 Å². The first-order valence-corrected chi connectivity index (χ1v) is 7.43. The predicted octanol–water partition coefficient (Wildman–Crippen LogP) is 3.60. The zero-order chi connectivity index (χ0) is 16.5. The molecule has 1 amide bonds. The minimum absolute atomic E-state index is 0. The minimum Gasteiger partial charge on any atom is -0.335 e. The van der Waals surface area contributed by atoms with Crippen LogP contribution in [-0.2, 0) is 17.5 Å². The molecule has 1 aromatic rings. The van der Waals surface area contributed by atoms with Gasteiger partial charge in [0.1, 0.15) is 0 Å². The van der Waals surface area contributed by atoms with Crippen LogP contribution < -0.4 is 5.73 Å². The van der Waals surface area contributed by atoms with Crippen molar-refractivity contribution in [1.82, 2.24) is 4.90 Å². The summed E-state index contributed by atoms with van der Waals surface area (Å²) in [6.45, 7) is 3.44. The largest absolute Gasteiger partial charge is 0.416 e. The summed E-state index contributed by atoms with van der Waals surface area (Å²) in [5, 5.41) is 0. The van der Waals surface area contributed by atoms with Gasteiger partial charge in [0.05, 0.1) is 11.5 Å². The number of nitrogens with zero attached hydrogens (tertiary/aromatic N) is 1. The van der Waals surface area contributed by atoms with Crippen LogP contribution in [-0.4, -0.2) is 22.9 Å². The second kappa shape index (κ2) is 7.53. The normalized spacial score (nSPS) is 17.1. The van der Waals surface area contributed by atoms with Crippen molar-refractivity contribution in [2.75, 3.05) is 0 Å².